The topological polar surface area (TPSA) is 26.3 Å². The molecule has 2 nitrogen and oxygen atoms in total. The van der Waals surface area contributed by atoms with Gasteiger partial charge < -0.3 is 4.74 Å². The maximum absolute atomic E-state index is 11.2. The molecule has 74 valence electrons. The molecule has 0 rings (SSSR count). The van der Waals surface area contributed by atoms with Gasteiger partial charge >= 0.3 is 5.97 Å². The van der Waals surface area contributed by atoms with Gasteiger partial charge in [0.15, 0.2) is 6.61 Å². The van der Waals surface area contributed by atoms with Gasteiger partial charge in [0.1, 0.15) is 0 Å². The van der Waals surface area contributed by atoms with Crippen LogP contribution < -0.4 is 0 Å². The van der Waals surface area contributed by atoms with Gasteiger partial charge in [-0.2, -0.15) is 0 Å². The number of hydrogen-bond acceptors (Lipinski definition) is 2. The monoisotopic (exact) mass is 182 g/mol. The van der Waals surface area contributed by atoms with Gasteiger partial charge in [-0.15, -0.1) is 6.42 Å². The molecule has 0 aliphatic heterocycles. The summed E-state index contributed by atoms with van der Waals surface area (Å²) in [6.07, 6.45) is 9.30. The van der Waals surface area contributed by atoms with Crippen molar-refractivity contribution in [3.8, 4) is 12.3 Å². The zero-order valence-electron chi connectivity index (χ0n) is 8.51. The van der Waals surface area contributed by atoms with E-state index in [2.05, 4.69) is 12.8 Å². The zero-order chi connectivity index (χ0) is 10.1. The first kappa shape index (κ1) is 12.0. The second kappa shape index (κ2) is 7.67. The number of carbonyl (C=O) groups excluding carboxylic acids is 1. The van der Waals surface area contributed by atoms with Crippen molar-refractivity contribution in [3.63, 3.8) is 0 Å². The predicted molar refractivity (Wildman–Crippen MR) is 53.1 cm³/mol. The molecule has 0 aromatic rings. The van der Waals surface area contributed by atoms with Crippen molar-refractivity contribution >= 4 is 5.97 Å². The van der Waals surface area contributed by atoms with E-state index in [-0.39, 0.29) is 18.5 Å². The number of rotatable bonds is 6. The molecule has 0 radical (unpaired) electrons. The van der Waals surface area contributed by atoms with Crippen molar-refractivity contribution < 1.29 is 9.53 Å². The van der Waals surface area contributed by atoms with Crippen molar-refractivity contribution in [2.75, 3.05) is 6.61 Å². The smallest absolute Gasteiger partial charge is 0.309 e. The molecule has 1 unspecified atom stereocenters. The molecule has 0 spiro atoms. The fourth-order valence-corrected chi connectivity index (χ4v) is 1.07. The number of unbranched alkanes of at least 4 members (excludes halogenated alkanes) is 2. The Bertz CT molecular complexity index is 179. The molecule has 13 heavy (non-hydrogen) atoms. The highest BCUT2D eigenvalue weighted by Gasteiger charge is 2.12. The summed E-state index contributed by atoms with van der Waals surface area (Å²) in [5, 5.41) is 0. The van der Waals surface area contributed by atoms with E-state index >= 15 is 0 Å². The molecule has 0 amide bonds. The van der Waals surface area contributed by atoms with Crippen molar-refractivity contribution in [1.29, 1.82) is 0 Å². The Hall–Kier alpha value is -0.970. The molecule has 0 aromatic carbocycles. The summed E-state index contributed by atoms with van der Waals surface area (Å²) in [6, 6.07) is 0. The van der Waals surface area contributed by atoms with Crippen LogP contribution in [0.4, 0.5) is 0 Å². The predicted octanol–water partition coefficient (Wildman–Crippen LogP) is 2.38. The summed E-state index contributed by atoms with van der Waals surface area (Å²) in [5.41, 5.74) is 0. The van der Waals surface area contributed by atoms with E-state index in [1.54, 1.807) is 0 Å². The van der Waals surface area contributed by atoms with E-state index in [0.717, 1.165) is 12.8 Å². The molecule has 0 aromatic heterocycles. The van der Waals surface area contributed by atoms with Crippen LogP contribution in [0, 0.1) is 18.3 Å². The summed E-state index contributed by atoms with van der Waals surface area (Å²) in [4.78, 5) is 11.2. The van der Waals surface area contributed by atoms with Crippen LogP contribution in [-0.4, -0.2) is 12.6 Å². The number of carbonyl (C=O) groups is 1. The van der Waals surface area contributed by atoms with Gasteiger partial charge in [-0.3, -0.25) is 4.79 Å². The summed E-state index contributed by atoms with van der Waals surface area (Å²) < 4.78 is 4.81. The second-order valence-corrected chi connectivity index (χ2v) is 3.21. The first-order chi connectivity index (χ1) is 6.22. The maximum atomic E-state index is 11.2. The maximum Gasteiger partial charge on any atom is 0.309 e. The fourth-order valence-electron chi connectivity index (χ4n) is 1.07. The lowest BCUT2D eigenvalue weighted by atomic mass is 10.0. The van der Waals surface area contributed by atoms with Crippen molar-refractivity contribution in [2.45, 2.75) is 39.5 Å². The van der Waals surface area contributed by atoms with Gasteiger partial charge in [0.2, 0.25) is 0 Å². The molecule has 0 heterocycles. The van der Waals surface area contributed by atoms with Crippen LogP contribution in [-0.2, 0) is 9.53 Å². The molecule has 0 aliphatic carbocycles. The summed E-state index contributed by atoms with van der Waals surface area (Å²) in [7, 11) is 0. The molecule has 0 saturated carbocycles. The minimum Gasteiger partial charge on any atom is -0.452 e. The SMILES string of the molecule is C#CCOC(=O)C(C)CCCCC. The molecule has 0 aliphatic rings. The molecule has 2 heteroatoms. The van der Waals surface area contributed by atoms with Crippen molar-refractivity contribution in [1.82, 2.24) is 0 Å². The molecular weight excluding hydrogens is 164 g/mol. The first-order valence-electron chi connectivity index (χ1n) is 4.82. The Labute approximate surface area is 80.7 Å². The lowest BCUT2D eigenvalue weighted by Crippen LogP contribution is -2.14. The fraction of sp³-hybridized carbons (Fsp3) is 0.727. The van der Waals surface area contributed by atoms with Crippen LogP contribution in [0.25, 0.3) is 0 Å². The Morgan fingerprint density at radius 3 is 2.77 bits per heavy atom. The lowest BCUT2D eigenvalue weighted by molar-refractivity contribution is -0.146. The van der Waals surface area contributed by atoms with E-state index < -0.39 is 0 Å². The average Bonchev–Trinajstić information content (AvgIpc) is 2.14. The van der Waals surface area contributed by atoms with Gasteiger partial charge in [-0.05, 0) is 6.42 Å². The van der Waals surface area contributed by atoms with E-state index in [9.17, 15) is 4.79 Å². The highest BCUT2D eigenvalue weighted by atomic mass is 16.5. The third-order valence-corrected chi connectivity index (χ3v) is 1.94. The van der Waals surface area contributed by atoms with Gasteiger partial charge in [0.05, 0.1) is 5.92 Å². The van der Waals surface area contributed by atoms with E-state index in [0.29, 0.717) is 0 Å². The number of hydrogen-bond donors (Lipinski definition) is 0. The third kappa shape index (κ3) is 6.21. The second-order valence-electron chi connectivity index (χ2n) is 3.21. The van der Waals surface area contributed by atoms with Gasteiger partial charge in [0, 0.05) is 0 Å². The first-order valence-corrected chi connectivity index (χ1v) is 4.82. The van der Waals surface area contributed by atoms with Crippen molar-refractivity contribution in [2.24, 2.45) is 5.92 Å². The van der Waals surface area contributed by atoms with Gasteiger partial charge in [-0.1, -0.05) is 39.0 Å². The highest BCUT2D eigenvalue weighted by Crippen LogP contribution is 2.10. The van der Waals surface area contributed by atoms with Crippen LogP contribution in [0.5, 0.6) is 0 Å². The van der Waals surface area contributed by atoms with Crippen LogP contribution >= 0.6 is 0 Å². The van der Waals surface area contributed by atoms with E-state index in [4.69, 9.17) is 11.2 Å². The van der Waals surface area contributed by atoms with Crippen LogP contribution in [0.3, 0.4) is 0 Å². The normalized spacial score (nSPS) is 11.8. The van der Waals surface area contributed by atoms with Crippen molar-refractivity contribution in [3.05, 3.63) is 0 Å². The van der Waals surface area contributed by atoms with Crippen LogP contribution in [0.15, 0.2) is 0 Å². The largest absolute Gasteiger partial charge is 0.452 e. The molecule has 0 N–H and O–H groups in total. The van der Waals surface area contributed by atoms with E-state index in [1.165, 1.54) is 12.8 Å². The van der Waals surface area contributed by atoms with Gasteiger partial charge in [0.25, 0.3) is 0 Å². The number of ether oxygens (including phenoxy) is 1. The Balaban J connectivity index is 3.52. The summed E-state index contributed by atoms with van der Waals surface area (Å²) >= 11 is 0. The quantitative estimate of drug-likeness (QED) is 0.358. The lowest BCUT2D eigenvalue weighted by Gasteiger charge is -2.08. The van der Waals surface area contributed by atoms with Crippen LogP contribution in [0.2, 0.25) is 0 Å². The average molecular weight is 182 g/mol. The summed E-state index contributed by atoms with van der Waals surface area (Å²) in [5.74, 6) is 2.09. The number of esters is 1. The highest BCUT2D eigenvalue weighted by molar-refractivity contribution is 5.72. The Morgan fingerprint density at radius 2 is 2.23 bits per heavy atom. The Kier molecular flexibility index (Phi) is 7.10. The molecule has 0 saturated heterocycles. The Morgan fingerprint density at radius 1 is 1.54 bits per heavy atom. The minimum atomic E-state index is -0.172. The van der Waals surface area contributed by atoms with E-state index in [1.807, 2.05) is 6.92 Å². The van der Waals surface area contributed by atoms with Gasteiger partial charge in [-0.25, -0.2) is 0 Å². The minimum absolute atomic E-state index is 0.0140. The molecule has 0 fully saturated rings. The summed E-state index contributed by atoms with van der Waals surface area (Å²) in [6.45, 7) is 4.12. The standard InChI is InChI=1S/C11H18O2/c1-4-6-7-8-10(3)11(12)13-9-5-2/h2,10H,4,6-9H2,1,3H3. The van der Waals surface area contributed by atoms with Crippen LogP contribution in [0.1, 0.15) is 39.5 Å². The molecular formula is C11H18O2. The number of terminal acetylenes is 1. The third-order valence-electron chi connectivity index (χ3n) is 1.94. The zero-order valence-corrected chi connectivity index (χ0v) is 8.51. The molecule has 0 bridgehead atoms. The molecule has 1 atom stereocenters.